The summed E-state index contributed by atoms with van der Waals surface area (Å²) in [6.07, 6.45) is 2.74. The van der Waals surface area contributed by atoms with Gasteiger partial charge in [-0.15, -0.1) is 0 Å². The molecule has 0 fully saturated rings. The van der Waals surface area contributed by atoms with Gasteiger partial charge in [0.25, 0.3) is 0 Å². The smallest absolute Gasteiger partial charge is 0.224 e. The fraction of sp³-hybridized carbons (Fsp3) is 0.286. The SMILES string of the molecule is CCCNc1nccc(Nc2cc(OC)c(Br)cc2Br)n1. The van der Waals surface area contributed by atoms with E-state index in [4.69, 9.17) is 4.74 Å². The molecular formula is C14H16Br2N4O. The highest BCUT2D eigenvalue weighted by Gasteiger charge is 2.08. The number of nitrogens with one attached hydrogen (secondary N) is 2. The highest BCUT2D eigenvalue weighted by Crippen LogP contribution is 2.35. The topological polar surface area (TPSA) is 59.1 Å². The maximum Gasteiger partial charge on any atom is 0.224 e. The molecule has 0 aliphatic rings. The number of hydrogen-bond acceptors (Lipinski definition) is 5. The van der Waals surface area contributed by atoms with Gasteiger partial charge in [-0.05, 0) is 50.4 Å². The van der Waals surface area contributed by atoms with E-state index in [2.05, 4.69) is 59.4 Å². The predicted molar refractivity (Wildman–Crippen MR) is 92.5 cm³/mol. The number of nitrogens with zero attached hydrogens (tertiary/aromatic N) is 2. The summed E-state index contributed by atoms with van der Waals surface area (Å²) in [5, 5.41) is 6.41. The van der Waals surface area contributed by atoms with Gasteiger partial charge in [-0.2, -0.15) is 4.98 Å². The van der Waals surface area contributed by atoms with Crippen LogP contribution < -0.4 is 15.4 Å². The van der Waals surface area contributed by atoms with Crippen LogP contribution in [0.2, 0.25) is 0 Å². The van der Waals surface area contributed by atoms with Crippen molar-refractivity contribution in [2.24, 2.45) is 0 Å². The molecule has 0 saturated carbocycles. The first-order valence-electron chi connectivity index (χ1n) is 6.51. The summed E-state index contributed by atoms with van der Waals surface area (Å²) in [6.45, 7) is 2.94. The maximum atomic E-state index is 5.30. The van der Waals surface area contributed by atoms with Gasteiger partial charge in [-0.1, -0.05) is 6.92 Å². The molecule has 112 valence electrons. The van der Waals surface area contributed by atoms with Crippen LogP contribution in [0.1, 0.15) is 13.3 Å². The summed E-state index contributed by atoms with van der Waals surface area (Å²) in [4.78, 5) is 8.60. The molecule has 0 bridgehead atoms. The van der Waals surface area contributed by atoms with Gasteiger partial charge in [0, 0.05) is 23.3 Å². The molecule has 0 aliphatic carbocycles. The highest BCUT2D eigenvalue weighted by molar-refractivity contribution is 9.11. The standard InChI is InChI=1S/C14H16Br2N4O/c1-3-5-17-14-18-6-4-13(20-14)19-11-8-12(21-2)10(16)7-9(11)15/h4,6-8H,3,5H2,1-2H3,(H2,17,18,19,20). The minimum atomic E-state index is 0.613. The Morgan fingerprint density at radius 3 is 2.76 bits per heavy atom. The van der Waals surface area contributed by atoms with Crippen molar-refractivity contribution >= 4 is 49.3 Å². The van der Waals surface area contributed by atoms with Crippen LogP contribution in [0.15, 0.2) is 33.3 Å². The van der Waals surface area contributed by atoms with Crippen molar-refractivity contribution < 1.29 is 4.74 Å². The molecule has 0 unspecified atom stereocenters. The largest absolute Gasteiger partial charge is 0.495 e. The van der Waals surface area contributed by atoms with E-state index >= 15 is 0 Å². The number of benzene rings is 1. The van der Waals surface area contributed by atoms with Gasteiger partial charge in [-0.3, -0.25) is 0 Å². The third kappa shape index (κ3) is 4.31. The van der Waals surface area contributed by atoms with E-state index in [0.717, 1.165) is 33.3 Å². The Morgan fingerprint density at radius 1 is 1.24 bits per heavy atom. The second-order valence-electron chi connectivity index (χ2n) is 4.28. The van der Waals surface area contributed by atoms with Crippen molar-refractivity contribution in [2.75, 3.05) is 24.3 Å². The van der Waals surface area contributed by atoms with Crippen LogP contribution in [0.3, 0.4) is 0 Å². The molecule has 0 radical (unpaired) electrons. The Hall–Kier alpha value is -1.34. The van der Waals surface area contributed by atoms with Gasteiger partial charge in [0.05, 0.1) is 17.3 Å². The Kier molecular flexibility index (Phi) is 5.81. The summed E-state index contributed by atoms with van der Waals surface area (Å²) in [5.74, 6) is 2.08. The molecule has 1 aromatic heterocycles. The molecule has 2 aromatic rings. The highest BCUT2D eigenvalue weighted by atomic mass is 79.9. The van der Waals surface area contributed by atoms with Crippen LogP contribution in [-0.4, -0.2) is 23.6 Å². The molecule has 1 aromatic carbocycles. The van der Waals surface area contributed by atoms with Crippen molar-refractivity contribution in [3.8, 4) is 5.75 Å². The van der Waals surface area contributed by atoms with E-state index in [1.165, 1.54) is 0 Å². The lowest BCUT2D eigenvalue weighted by molar-refractivity contribution is 0.412. The van der Waals surface area contributed by atoms with Crippen LogP contribution in [0.25, 0.3) is 0 Å². The molecular weight excluding hydrogens is 400 g/mol. The van der Waals surface area contributed by atoms with Crippen LogP contribution in [-0.2, 0) is 0 Å². The third-order valence-electron chi connectivity index (χ3n) is 2.69. The maximum absolute atomic E-state index is 5.30. The Balaban J connectivity index is 2.21. The van der Waals surface area contributed by atoms with E-state index in [0.29, 0.717) is 11.8 Å². The summed E-state index contributed by atoms with van der Waals surface area (Å²) < 4.78 is 7.10. The zero-order chi connectivity index (χ0) is 15.2. The fourth-order valence-corrected chi connectivity index (χ4v) is 2.92. The Bertz CT molecular complexity index is 622. The summed E-state index contributed by atoms with van der Waals surface area (Å²) in [6, 6.07) is 5.64. The van der Waals surface area contributed by atoms with E-state index < -0.39 is 0 Å². The molecule has 7 heteroatoms. The van der Waals surface area contributed by atoms with Crippen molar-refractivity contribution in [3.63, 3.8) is 0 Å². The molecule has 21 heavy (non-hydrogen) atoms. The number of hydrogen-bond donors (Lipinski definition) is 2. The van der Waals surface area contributed by atoms with Gasteiger partial charge in [0.1, 0.15) is 11.6 Å². The molecule has 1 heterocycles. The van der Waals surface area contributed by atoms with Gasteiger partial charge in [0.2, 0.25) is 5.95 Å². The first kappa shape index (κ1) is 16.0. The number of rotatable bonds is 6. The fourth-order valence-electron chi connectivity index (χ4n) is 1.67. The lowest BCUT2D eigenvalue weighted by atomic mass is 10.3. The van der Waals surface area contributed by atoms with Gasteiger partial charge in [-0.25, -0.2) is 4.98 Å². The van der Waals surface area contributed by atoms with Crippen LogP contribution in [0, 0.1) is 0 Å². The molecule has 2 N–H and O–H groups in total. The second kappa shape index (κ2) is 7.61. The molecule has 0 atom stereocenters. The quantitative estimate of drug-likeness (QED) is 0.723. The molecule has 0 spiro atoms. The summed E-state index contributed by atoms with van der Waals surface area (Å²) in [5.41, 5.74) is 0.871. The summed E-state index contributed by atoms with van der Waals surface area (Å²) >= 11 is 6.97. The van der Waals surface area contributed by atoms with E-state index in [1.54, 1.807) is 13.3 Å². The van der Waals surface area contributed by atoms with Crippen LogP contribution in [0.5, 0.6) is 5.75 Å². The van der Waals surface area contributed by atoms with E-state index in [-0.39, 0.29) is 0 Å². The third-order valence-corrected chi connectivity index (χ3v) is 3.97. The van der Waals surface area contributed by atoms with Gasteiger partial charge in [0.15, 0.2) is 0 Å². The number of ether oxygens (including phenoxy) is 1. The first-order valence-corrected chi connectivity index (χ1v) is 8.09. The van der Waals surface area contributed by atoms with Crippen LogP contribution >= 0.6 is 31.9 Å². The zero-order valence-corrected chi connectivity index (χ0v) is 15.0. The lowest BCUT2D eigenvalue weighted by Gasteiger charge is -2.12. The Labute approximate surface area is 140 Å². The average molecular weight is 416 g/mol. The number of anilines is 3. The van der Waals surface area contributed by atoms with Crippen molar-refractivity contribution in [1.29, 1.82) is 0 Å². The average Bonchev–Trinajstić information content (AvgIpc) is 2.48. The minimum absolute atomic E-state index is 0.613. The zero-order valence-electron chi connectivity index (χ0n) is 11.8. The molecule has 5 nitrogen and oxygen atoms in total. The van der Waals surface area contributed by atoms with Crippen LogP contribution in [0.4, 0.5) is 17.5 Å². The Morgan fingerprint density at radius 2 is 2.05 bits per heavy atom. The van der Waals surface area contributed by atoms with E-state index in [9.17, 15) is 0 Å². The first-order chi connectivity index (χ1) is 10.1. The van der Waals surface area contributed by atoms with E-state index in [1.807, 2.05) is 18.2 Å². The van der Waals surface area contributed by atoms with Crippen molar-refractivity contribution in [1.82, 2.24) is 9.97 Å². The number of halogens is 2. The van der Waals surface area contributed by atoms with Gasteiger partial charge >= 0.3 is 0 Å². The number of methoxy groups -OCH3 is 1. The molecule has 0 amide bonds. The monoisotopic (exact) mass is 414 g/mol. The molecule has 0 saturated heterocycles. The van der Waals surface area contributed by atoms with Gasteiger partial charge < -0.3 is 15.4 Å². The van der Waals surface area contributed by atoms with Crippen molar-refractivity contribution in [2.45, 2.75) is 13.3 Å². The predicted octanol–water partition coefficient (Wildman–Crippen LogP) is 4.58. The minimum Gasteiger partial charge on any atom is -0.495 e. The molecule has 2 rings (SSSR count). The van der Waals surface area contributed by atoms with Crippen molar-refractivity contribution in [3.05, 3.63) is 33.3 Å². The summed E-state index contributed by atoms with van der Waals surface area (Å²) in [7, 11) is 1.63. The number of aromatic nitrogens is 2. The molecule has 0 aliphatic heterocycles. The second-order valence-corrected chi connectivity index (χ2v) is 5.99. The normalized spacial score (nSPS) is 10.3. The lowest BCUT2D eigenvalue weighted by Crippen LogP contribution is -2.05.